The third-order valence-electron chi connectivity index (χ3n) is 2.02. The summed E-state index contributed by atoms with van der Waals surface area (Å²) in [7, 11) is 0. The minimum absolute atomic E-state index is 0.443. The molecule has 0 unspecified atom stereocenters. The van der Waals surface area contributed by atoms with E-state index in [0.29, 0.717) is 6.42 Å². The van der Waals surface area contributed by atoms with Gasteiger partial charge in [0, 0.05) is 5.02 Å². The fourth-order valence-corrected chi connectivity index (χ4v) is 1.39. The van der Waals surface area contributed by atoms with Crippen molar-refractivity contribution in [1.82, 2.24) is 0 Å². The van der Waals surface area contributed by atoms with Crippen molar-refractivity contribution >= 4 is 11.6 Å². The lowest BCUT2D eigenvalue weighted by atomic mass is 10.0. The molecule has 1 rings (SSSR count). The molecule has 2 heteroatoms. The molecule has 0 aliphatic heterocycles. The van der Waals surface area contributed by atoms with Gasteiger partial charge in [0.2, 0.25) is 0 Å². The summed E-state index contributed by atoms with van der Waals surface area (Å²) in [4.78, 5) is 0. The molecule has 1 aromatic carbocycles. The molecule has 0 radical (unpaired) electrons. The fraction of sp³-hybridized carbons (Fsp3) is 0.300. The Morgan fingerprint density at radius 1 is 1.42 bits per heavy atom. The molecule has 0 aliphatic rings. The van der Waals surface area contributed by atoms with Gasteiger partial charge in [0.15, 0.2) is 0 Å². The third-order valence-corrected chi connectivity index (χ3v) is 2.43. The van der Waals surface area contributed by atoms with Crippen molar-refractivity contribution in [2.24, 2.45) is 0 Å². The predicted octanol–water partition coefficient (Wildman–Crippen LogP) is 3.02. The molecule has 62 valence electrons. The Morgan fingerprint density at radius 3 is 2.67 bits per heavy atom. The van der Waals surface area contributed by atoms with Crippen LogP contribution in [-0.4, -0.2) is 0 Å². The zero-order valence-corrected chi connectivity index (χ0v) is 7.94. The first-order valence-electron chi connectivity index (χ1n) is 3.78. The van der Waals surface area contributed by atoms with E-state index in [1.165, 1.54) is 0 Å². The predicted molar refractivity (Wildman–Crippen MR) is 50.2 cm³/mol. The van der Waals surface area contributed by atoms with Gasteiger partial charge in [0.1, 0.15) is 0 Å². The topological polar surface area (TPSA) is 23.8 Å². The average Bonchev–Trinajstić information content (AvgIpc) is 2.06. The Morgan fingerprint density at radius 2 is 2.08 bits per heavy atom. The van der Waals surface area contributed by atoms with Crippen LogP contribution in [0.5, 0.6) is 0 Å². The van der Waals surface area contributed by atoms with Crippen LogP contribution in [0, 0.1) is 25.2 Å². The molecule has 0 atom stereocenters. The van der Waals surface area contributed by atoms with Crippen LogP contribution in [0.15, 0.2) is 12.1 Å². The van der Waals surface area contributed by atoms with Crippen molar-refractivity contribution in [3.05, 3.63) is 33.8 Å². The number of nitriles is 1. The van der Waals surface area contributed by atoms with Gasteiger partial charge in [-0.15, -0.1) is 0 Å². The second-order valence-corrected chi connectivity index (χ2v) is 3.21. The number of hydrogen-bond donors (Lipinski definition) is 0. The van der Waals surface area contributed by atoms with Crippen LogP contribution in [-0.2, 0) is 6.42 Å². The lowest BCUT2D eigenvalue weighted by Gasteiger charge is -2.06. The minimum atomic E-state index is 0.443. The lowest BCUT2D eigenvalue weighted by molar-refractivity contribution is 1.17. The van der Waals surface area contributed by atoms with E-state index in [0.717, 1.165) is 21.7 Å². The molecule has 0 saturated carbocycles. The average molecular weight is 180 g/mol. The maximum absolute atomic E-state index is 8.57. The first-order chi connectivity index (χ1) is 5.66. The maximum atomic E-state index is 8.57. The maximum Gasteiger partial charge on any atom is 0.0669 e. The minimum Gasteiger partial charge on any atom is -0.198 e. The van der Waals surface area contributed by atoms with E-state index in [9.17, 15) is 0 Å². The summed E-state index contributed by atoms with van der Waals surface area (Å²) in [6.07, 6.45) is 0.443. The molecule has 0 amide bonds. The first-order valence-corrected chi connectivity index (χ1v) is 4.16. The standard InChI is InChI=1S/C10H10ClN/c1-7-3-4-10(11)8(2)9(7)5-6-12/h3-4H,5H2,1-2H3. The Bertz CT molecular complexity index is 336. The number of rotatable bonds is 1. The van der Waals surface area contributed by atoms with E-state index in [1.807, 2.05) is 26.0 Å². The van der Waals surface area contributed by atoms with Crippen LogP contribution in [0.2, 0.25) is 5.02 Å². The summed E-state index contributed by atoms with van der Waals surface area (Å²) >= 11 is 5.91. The summed E-state index contributed by atoms with van der Waals surface area (Å²) in [6.45, 7) is 3.94. The normalized spacial score (nSPS) is 9.50. The molecule has 0 spiro atoms. The van der Waals surface area contributed by atoms with E-state index in [1.54, 1.807) is 0 Å². The van der Waals surface area contributed by atoms with Gasteiger partial charge < -0.3 is 0 Å². The number of nitrogens with zero attached hydrogens (tertiary/aromatic N) is 1. The van der Waals surface area contributed by atoms with Crippen molar-refractivity contribution in [2.45, 2.75) is 20.3 Å². The number of hydrogen-bond acceptors (Lipinski definition) is 1. The van der Waals surface area contributed by atoms with E-state index in [-0.39, 0.29) is 0 Å². The van der Waals surface area contributed by atoms with Crippen molar-refractivity contribution in [2.75, 3.05) is 0 Å². The van der Waals surface area contributed by atoms with Gasteiger partial charge in [0.05, 0.1) is 12.5 Å². The van der Waals surface area contributed by atoms with Gasteiger partial charge in [0.25, 0.3) is 0 Å². The van der Waals surface area contributed by atoms with E-state index in [4.69, 9.17) is 16.9 Å². The SMILES string of the molecule is Cc1ccc(Cl)c(C)c1CC#N. The van der Waals surface area contributed by atoms with E-state index >= 15 is 0 Å². The zero-order valence-electron chi connectivity index (χ0n) is 7.19. The van der Waals surface area contributed by atoms with Crippen LogP contribution in [0.1, 0.15) is 16.7 Å². The second kappa shape index (κ2) is 3.60. The molecule has 0 aromatic heterocycles. The number of halogens is 1. The van der Waals surface area contributed by atoms with Crippen molar-refractivity contribution in [3.63, 3.8) is 0 Å². The Hall–Kier alpha value is -1.00. The largest absolute Gasteiger partial charge is 0.198 e. The summed E-state index contributed by atoms with van der Waals surface area (Å²) in [5.41, 5.74) is 3.22. The molecular formula is C10H10ClN. The van der Waals surface area contributed by atoms with Gasteiger partial charge in [-0.2, -0.15) is 5.26 Å². The quantitative estimate of drug-likeness (QED) is 0.650. The van der Waals surface area contributed by atoms with Crippen LogP contribution >= 0.6 is 11.6 Å². The summed E-state index contributed by atoms with van der Waals surface area (Å²) in [6, 6.07) is 5.95. The Balaban J connectivity index is 3.25. The third kappa shape index (κ3) is 1.60. The summed E-state index contributed by atoms with van der Waals surface area (Å²) in [5.74, 6) is 0. The first kappa shape index (κ1) is 9.09. The van der Waals surface area contributed by atoms with Crippen LogP contribution in [0.25, 0.3) is 0 Å². The molecule has 12 heavy (non-hydrogen) atoms. The lowest BCUT2D eigenvalue weighted by Crippen LogP contribution is -1.92. The van der Waals surface area contributed by atoms with Gasteiger partial charge in [-0.1, -0.05) is 17.7 Å². The van der Waals surface area contributed by atoms with Gasteiger partial charge >= 0.3 is 0 Å². The monoisotopic (exact) mass is 179 g/mol. The highest BCUT2D eigenvalue weighted by atomic mass is 35.5. The summed E-state index contributed by atoms with van der Waals surface area (Å²) < 4.78 is 0. The highest BCUT2D eigenvalue weighted by Gasteiger charge is 2.04. The molecule has 0 fully saturated rings. The number of aryl methyl sites for hydroxylation is 1. The van der Waals surface area contributed by atoms with Crippen molar-refractivity contribution in [3.8, 4) is 6.07 Å². The molecule has 1 nitrogen and oxygen atoms in total. The van der Waals surface area contributed by atoms with E-state index in [2.05, 4.69) is 6.07 Å². The molecule has 0 N–H and O–H groups in total. The zero-order chi connectivity index (χ0) is 9.14. The molecular weight excluding hydrogens is 170 g/mol. The van der Waals surface area contributed by atoms with Crippen molar-refractivity contribution < 1.29 is 0 Å². The van der Waals surface area contributed by atoms with Gasteiger partial charge in [-0.25, -0.2) is 0 Å². The van der Waals surface area contributed by atoms with Gasteiger partial charge in [-0.05, 0) is 36.6 Å². The fourth-order valence-electron chi connectivity index (χ4n) is 1.21. The Kier molecular flexibility index (Phi) is 2.73. The smallest absolute Gasteiger partial charge is 0.0669 e. The highest BCUT2D eigenvalue weighted by molar-refractivity contribution is 6.31. The van der Waals surface area contributed by atoms with E-state index < -0.39 is 0 Å². The van der Waals surface area contributed by atoms with Crippen LogP contribution in [0.3, 0.4) is 0 Å². The molecule has 1 aromatic rings. The highest BCUT2D eigenvalue weighted by Crippen LogP contribution is 2.22. The molecule has 0 saturated heterocycles. The van der Waals surface area contributed by atoms with Crippen LogP contribution < -0.4 is 0 Å². The molecule has 0 aliphatic carbocycles. The van der Waals surface area contributed by atoms with Crippen LogP contribution in [0.4, 0.5) is 0 Å². The van der Waals surface area contributed by atoms with Crippen molar-refractivity contribution in [1.29, 1.82) is 5.26 Å². The Labute approximate surface area is 77.6 Å². The number of benzene rings is 1. The van der Waals surface area contributed by atoms with Gasteiger partial charge in [-0.3, -0.25) is 0 Å². The molecule has 0 bridgehead atoms. The molecule has 0 heterocycles. The second-order valence-electron chi connectivity index (χ2n) is 2.80. The summed E-state index contributed by atoms with van der Waals surface area (Å²) in [5, 5.41) is 9.31.